The van der Waals surface area contributed by atoms with E-state index in [0.29, 0.717) is 12.0 Å². The maximum atomic E-state index is 13.5. The third-order valence-electron chi connectivity index (χ3n) is 7.24. The minimum absolute atomic E-state index is 0.0932. The number of Topliss-reactive ketones (excluding diaryl/α,β-unsaturated/α-hetero) is 2. The molecule has 31 heavy (non-hydrogen) atoms. The number of primary amides is 1. The molecule has 4 rings (SSSR count). The number of aliphatic hydroxyl groups excluding tert-OH is 2. The van der Waals surface area contributed by atoms with Crippen molar-refractivity contribution in [1.29, 1.82) is 0 Å². The maximum Gasteiger partial charge on any atom is 0.230 e. The Morgan fingerprint density at radius 1 is 1.23 bits per heavy atom. The molecule has 2 saturated carbocycles. The standard InChI is InChI=1S/C22H26N2O7/c1-8-11-7-9-6-10-12(24(2)3)4-5-13(25)15(10)18(27)14(9)19(28)22(11,31)20(29)16(17(8)26)21(23)30/h4-5,8-9,11,16-17,25-27,31H,6-7H2,1-3H3,(H2,23,30). The molecule has 1 aromatic rings. The number of nitrogens with zero attached hydrogens (tertiary/aromatic N) is 1. The van der Waals surface area contributed by atoms with Gasteiger partial charge in [0.2, 0.25) is 11.7 Å². The summed E-state index contributed by atoms with van der Waals surface area (Å²) in [4.78, 5) is 40.2. The first-order valence-electron chi connectivity index (χ1n) is 10.2. The van der Waals surface area contributed by atoms with E-state index in [0.717, 1.165) is 5.69 Å². The minimum atomic E-state index is -2.58. The molecule has 3 aliphatic rings. The van der Waals surface area contributed by atoms with Crippen LogP contribution in [-0.4, -0.2) is 63.7 Å². The molecule has 1 amide bonds. The minimum Gasteiger partial charge on any atom is -0.507 e. The Morgan fingerprint density at radius 2 is 1.87 bits per heavy atom. The van der Waals surface area contributed by atoms with Gasteiger partial charge in [-0.3, -0.25) is 14.4 Å². The Bertz CT molecular complexity index is 1050. The number of amides is 1. The monoisotopic (exact) mass is 430 g/mol. The summed E-state index contributed by atoms with van der Waals surface area (Å²) in [6.45, 7) is 1.57. The van der Waals surface area contributed by atoms with Crippen molar-refractivity contribution in [1.82, 2.24) is 0 Å². The highest BCUT2D eigenvalue weighted by molar-refractivity contribution is 6.24. The first-order valence-corrected chi connectivity index (χ1v) is 10.2. The van der Waals surface area contributed by atoms with Crippen LogP contribution in [0.5, 0.6) is 5.75 Å². The van der Waals surface area contributed by atoms with Crippen LogP contribution in [0.2, 0.25) is 0 Å². The van der Waals surface area contributed by atoms with Crippen LogP contribution in [0.25, 0.3) is 5.76 Å². The fourth-order valence-corrected chi connectivity index (χ4v) is 5.66. The van der Waals surface area contributed by atoms with Gasteiger partial charge in [-0.2, -0.15) is 0 Å². The van der Waals surface area contributed by atoms with Gasteiger partial charge in [0, 0.05) is 31.3 Å². The number of phenols is 1. The molecule has 6 atom stereocenters. The summed E-state index contributed by atoms with van der Waals surface area (Å²) >= 11 is 0. The molecular weight excluding hydrogens is 404 g/mol. The van der Waals surface area contributed by atoms with Crippen LogP contribution in [0.4, 0.5) is 5.69 Å². The molecule has 0 radical (unpaired) electrons. The van der Waals surface area contributed by atoms with Crippen molar-refractivity contribution in [3.63, 3.8) is 0 Å². The van der Waals surface area contributed by atoms with Gasteiger partial charge in [-0.1, -0.05) is 6.92 Å². The normalized spacial score (nSPS) is 34.7. The van der Waals surface area contributed by atoms with Gasteiger partial charge in [0.25, 0.3) is 0 Å². The smallest absolute Gasteiger partial charge is 0.230 e. The molecule has 166 valence electrons. The second kappa shape index (κ2) is 6.80. The zero-order chi connectivity index (χ0) is 23.0. The number of hydrogen-bond donors (Lipinski definition) is 5. The first kappa shape index (κ1) is 21.3. The van der Waals surface area contributed by atoms with Crippen molar-refractivity contribution in [2.24, 2.45) is 29.4 Å². The van der Waals surface area contributed by atoms with Crippen molar-refractivity contribution >= 4 is 28.9 Å². The number of hydrogen-bond acceptors (Lipinski definition) is 8. The summed E-state index contributed by atoms with van der Waals surface area (Å²) in [7, 11) is 3.63. The largest absolute Gasteiger partial charge is 0.507 e. The van der Waals surface area contributed by atoms with Crippen molar-refractivity contribution in [2.45, 2.75) is 31.5 Å². The molecule has 0 heterocycles. The van der Waals surface area contributed by atoms with Gasteiger partial charge in [0.05, 0.1) is 11.7 Å². The lowest BCUT2D eigenvalue weighted by Gasteiger charge is -2.51. The maximum absolute atomic E-state index is 13.5. The zero-order valence-electron chi connectivity index (χ0n) is 17.5. The summed E-state index contributed by atoms with van der Waals surface area (Å²) in [5.74, 6) is -7.91. The van der Waals surface area contributed by atoms with Gasteiger partial charge in [-0.15, -0.1) is 0 Å². The highest BCUT2D eigenvalue weighted by Gasteiger charge is 2.66. The van der Waals surface area contributed by atoms with Gasteiger partial charge in [-0.25, -0.2) is 0 Å². The molecule has 0 aromatic heterocycles. The average molecular weight is 430 g/mol. The quantitative estimate of drug-likeness (QED) is 0.406. The van der Waals surface area contributed by atoms with E-state index >= 15 is 0 Å². The van der Waals surface area contributed by atoms with E-state index in [2.05, 4.69) is 0 Å². The Kier molecular flexibility index (Phi) is 4.68. The van der Waals surface area contributed by atoms with E-state index in [-0.39, 0.29) is 23.3 Å². The summed E-state index contributed by atoms with van der Waals surface area (Å²) in [5.41, 5.74) is 4.07. The lowest BCUT2D eigenvalue weighted by atomic mass is 9.53. The lowest BCUT2D eigenvalue weighted by Crippen LogP contribution is -2.69. The summed E-state index contributed by atoms with van der Waals surface area (Å²) in [5, 5.41) is 43.3. The van der Waals surface area contributed by atoms with Crippen molar-refractivity contribution < 1.29 is 34.8 Å². The Balaban J connectivity index is 1.92. The summed E-state index contributed by atoms with van der Waals surface area (Å²) < 4.78 is 0. The van der Waals surface area contributed by atoms with Crippen LogP contribution in [-0.2, 0) is 20.8 Å². The molecular formula is C22H26N2O7. The van der Waals surface area contributed by atoms with Gasteiger partial charge in [0.1, 0.15) is 17.4 Å². The molecule has 3 aliphatic carbocycles. The zero-order valence-corrected chi connectivity index (χ0v) is 17.5. The molecule has 0 aliphatic heterocycles. The molecule has 9 heteroatoms. The number of rotatable bonds is 2. The predicted molar refractivity (Wildman–Crippen MR) is 110 cm³/mol. The van der Waals surface area contributed by atoms with E-state index in [1.54, 1.807) is 13.0 Å². The molecule has 6 N–H and O–H groups in total. The van der Waals surface area contributed by atoms with E-state index in [9.17, 15) is 34.8 Å². The number of nitrogens with two attached hydrogens (primary N) is 1. The average Bonchev–Trinajstić information content (AvgIpc) is 2.68. The molecule has 6 unspecified atom stereocenters. The number of anilines is 1. The number of phenolic OH excluding ortho intramolecular Hbond substituents is 1. The van der Waals surface area contributed by atoms with E-state index in [4.69, 9.17) is 5.73 Å². The molecule has 0 spiro atoms. The third-order valence-corrected chi connectivity index (χ3v) is 7.24. The lowest BCUT2D eigenvalue weighted by molar-refractivity contribution is -0.182. The van der Waals surface area contributed by atoms with Crippen LogP contribution in [0.1, 0.15) is 24.5 Å². The fourth-order valence-electron chi connectivity index (χ4n) is 5.66. The predicted octanol–water partition coefficient (Wildman–Crippen LogP) is -0.0991. The highest BCUT2D eigenvalue weighted by atomic mass is 16.3. The number of fused-ring (bicyclic) bond motifs is 3. The van der Waals surface area contributed by atoms with E-state index in [1.165, 1.54) is 6.07 Å². The van der Waals surface area contributed by atoms with Crippen molar-refractivity contribution in [3.8, 4) is 5.75 Å². The highest BCUT2D eigenvalue weighted by Crippen LogP contribution is 2.53. The Morgan fingerprint density at radius 3 is 2.45 bits per heavy atom. The molecule has 1 aromatic carbocycles. The van der Waals surface area contributed by atoms with Gasteiger partial charge >= 0.3 is 0 Å². The van der Waals surface area contributed by atoms with E-state index < -0.39 is 58.6 Å². The number of ketones is 2. The summed E-state index contributed by atoms with van der Waals surface area (Å²) in [6, 6.07) is 3.12. The van der Waals surface area contributed by atoms with Crippen molar-refractivity contribution in [2.75, 3.05) is 19.0 Å². The Labute approximate surface area is 178 Å². The SMILES string of the molecule is CC1C(O)C(C(N)=O)C(=O)C2(O)C(=O)C3=C(O)c4c(O)ccc(N(C)C)c4CC3CC12. The van der Waals surface area contributed by atoms with Crippen LogP contribution >= 0.6 is 0 Å². The van der Waals surface area contributed by atoms with Gasteiger partial charge in [0.15, 0.2) is 11.4 Å². The van der Waals surface area contributed by atoms with Crippen LogP contribution in [0.15, 0.2) is 17.7 Å². The third kappa shape index (κ3) is 2.66. The van der Waals surface area contributed by atoms with E-state index in [1.807, 2.05) is 19.0 Å². The number of carbonyl (C=O) groups is 3. The second-order valence-corrected chi connectivity index (χ2v) is 9.05. The second-order valence-electron chi connectivity index (χ2n) is 9.05. The fraction of sp³-hybridized carbons (Fsp3) is 0.500. The van der Waals surface area contributed by atoms with Crippen LogP contribution in [0.3, 0.4) is 0 Å². The van der Waals surface area contributed by atoms with Gasteiger partial charge < -0.3 is 31.1 Å². The summed E-state index contributed by atoms with van der Waals surface area (Å²) in [6.07, 6.45) is -0.982. The van der Waals surface area contributed by atoms with Crippen molar-refractivity contribution in [3.05, 3.63) is 28.8 Å². The Hall–Kier alpha value is -2.91. The number of aromatic hydroxyl groups is 1. The molecule has 2 fully saturated rings. The van der Waals surface area contributed by atoms with Crippen LogP contribution in [0, 0.1) is 23.7 Å². The molecule has 0 saturated heterocycles. The molecule has 9 nitrogen and oxygen atoms in total. The van der Waals surface area contributed by atoms with Gasteiger partial charge in [-0.05, 0) is 42.4 Å². The number of benzene rings is 1. The van der Waals surface area contributed by atoms with Crippen LogP contribution < -0.4 is 10.6 Å². The number of carbonyl (C=O) groups excluding carboxylic acids is 3. The molecule has 0 bridgehead atoms. The topological polar surface area (TPSA) is 161 Å². The number of aliphatic hydroxyl groups is 3. The first-order chi connectivity index (χ1) is 14.4.